The number of hydrogen-bond acceptors (Lipinski definition) is 5. The van der Waals surface area contributed by atoms with Gasteiger partial charge in [0.25, 0.3) is 0 Å². The molecule has 3 amide bonds. The molecule has 24 heavy (non-hydrogen) atoms. The van der Waals surface area contributed by atoms with Crippen molar-refractivity contribution >= 4 is 23.7 Å². The number of nitrogens with one attached hydrogen (secondary N) is 4. The number of hydrogen-bond donors (Lipinski definition) is 5. The summed E-state index contributed by atoms with van der Waals surface area (Å²) in [6, 6.07) is -2.21. The molecule has 5 N–H and O–H groups in total. The highest BCUT2D eigenvalue weighted by atomic mass is 16.4. The lowest BCUT2D eigenvalue weighted by atomic mass is 10.0. The molecule has 1 aliphatic heterocycles. The van der Waals surface area contributed by atoms with E-state index in [1.54, 1.807) is 13.8 Å². The van der Waals surface area contributed by atoms with Crippen molar-refractivity contribution in [2.45, 2.75) is 51.7 Å². The zero-order valence-electron chi connectivity index (χ0n) is 14.2. The van der Waals surface area contributed by atoms with Gasteiger partial charge < -0.3 is 26.4 Å². The highest BCUT2D eigenvalue weighted by molar-refractivity contribution is 5.92. The molecular weight excluding hydrogens is 316 g/mol. The summed E-state index contributed by atoms with van der Waals surface area (Å²) in [7, 11) is 0. The SMILES string of the molecule is CC(NC(=O)C(NC(=O)CNC(=O)C1CCCN1)C(C)C)C(=O)O. The first-order valence-electron chi connectivity index (χ1n) is 8.06. The van der Waals surface area contributed by atoms with E-state index in [1.807, 2.05) is 0 Å². The fourth-order valence-corrected chi connectivity index (χ4v) is 2.32. The molecule has 0 bridgehead atoms. The van der Waals surface area contributed by atoms with E-state index in [9.17, 15) is 19.2 Å². The van der Waals surface area contributed by atoms with Crippen LogP contribution in [0.2, 0.25) is 0 Å². The summed E-state index contributed by atoms with van der Waals surface area (Å²) < 4.78 is 0. The van der Waals surface area contributed by atoms with E-state index >= 15 is 0 Å². The second kappa shape index (κ2) is 9.21. The number of carbonyl (C=O) groups excluding carboxylic acids is 3. The summed E-state index contributed by atoms with van der Waals surface area (Å²) >= 11 is 0. The third-order valence-corrected chi connectivity index (χ3v) is 3.79. The van der Waals surface area contributed by atoms with Crippen molar-refractivity contribution < 1.29 is 24.3 Å². The minimum absolute atomic E-state index is 0.234. The number of carbonyl (C=O) groups is 4. The van der Waals surface area contributed by atoms with E-state index in [-0.39, 0.29) is 24.4 Å². The lowest BCUT2D eigenvalue weighted by Crippen LogP contribution is -2.55. The maximum Gasteiger partial charge on any atom is 0.325 e. The van der Waals surface area contributed by atoms with Gasteiger partial charge >= 0.3 is 5.97 Å². The first-order chi connectivity index (χ1) is 11.2. The standard InChI is InChI=1S/C15H26N4O5/c1-8(2)12(14(22)18-9(3)15(23)24)19-11(20)7-17-13(21)10-5-4-6-16-10/h8-10,12,16H,4-7H2,1-3H3,(H,17,21)(H,18,22)(H,19,20)(H,23,24). The Labute approximate surface area is 140 Å². The van der Waals surface area contributed by atoms with Gasteiger partial charge in [0, 0.05) is 0 Å². The zero-order chi connectivity index (χ0) is 18.3. The van der Waals surface area contributed by atoms with Gasteiger partial charge in [-0.1, -0.05) is 13.8 Å². The molecular formula is C15H26N4O5. The molecule has 0 radical (unpaired) electrons. The topological polar surface area (TPSA) is 137 Å². The Kier molecular flexibility index (Phi) is 7.63. The predicted molar refractivity (Wildman–Crippen MR) is 86.0 cm³/mol. The van der Waals surface area contributed by atoms with Crippen LogP contribution in [0.3, 0.4) is 0 Å². The summed E-state index contributed by atoms with van der Waals surface area (Å²) in [5.41, 5.74) is 0. The molecule has 0 aliphatic carbocycles. The van der Waals surface area contributed by atoms with Gasteiger partial charge in [-0.15, -0.1) is 0 Å². The predicted octanol–water partition coefficient (Wildman–Crippen LogP) is -1.42. The molecule has 0 spiro atoms. The fourth-order valence-electron chi connectivity index (χ4n) is 2.32. The minimum Gasteiger partial charge on any atom is -0.480 e. The summed E-state index contributed by atoms with van der Waals surface area (Å²) in [5.74, 6) is -2.71. The Morgan fingerprint density at radius 3 is 2.33 bits per heavy atom. The molecule has 0 saturated carbocycles. The third-order valence-electron chi connectivity index (χ3n) is 3.79. The van der Waals surface area contributed by atoms with Crippen molar-refractivity contribution in [2.24, 2.45) is 5.92 Å². The van der Waals surface area contributed by atoms with Crippen LogP contribution in [0, 0.1) is 5.92 Å². The Bertz CT molecular complexity index is 488. The maximum atomic E-state index is 12.1. The van der Waals surface area contributed by atoms with Gasteiger partial charge in [-0.3, -0.25) is 19.2 Å². The Balaban J connectivity index is 2.48. The molecule has 1 fully saturated rings. The van der Waals surface area contributed by atoms with Crippen LogP contribution in [0.1, 0.15) is 33.6 Å². The van der Waals surface area contributed by atoms with Crippen molar-refractivity contribution in [2.75, 3.05) is 13.1 Å². The van der Waals surface area contributed by atoms with E-state index in [4.69, 9.17) is 5.11 Å². The second-order valence-electron chi connectivity index (χ2n) is 6.22. The molecule has 9 heteroatoms. The molecule has 1 heterocycles. The van der Waals surface area contributed by atoms with E-state index in [2.05, 4.69) is 21.3 Å². The number of amides is 3. The molecule has 3 atom stereocenters. The number of carboxylic acids is 1. The summed E-state index contributed by atoms with van der Waals surface area (Å²) in [6.45, 7) is 5.35. The van der Waals surface area contributed by atoms with Crippen LogP contribution in [0.15, 0.2) is 0 Å². The van der Waals surface area contributed by atoms with E-state index < -0.39 is 29.9 Å². The summed E-state index contributed by atoms with van der Waals surface area (Å²) in [4.78, 5) is 46.7. The van der Waals surface area contributed by atoms with Crippen LogP contribution in [-0.2, 0) is 19.2 Å². The van der Waals surface area contributed by atoms with Crippen molar-refractivity contribution in [3.05, 3.63) is 0 Å². The van der Waals surface area contributed by atoms with Crippen LogP contribution in [-0.4, -0.2) is 60.0 Å². The van der Waals surface area contributed by atoms with Crippen LogP contribution in [0.4, 0.5) is 0 Å². The van der Waals surface area contributed by atoms with E-state index in [0.717, 1.165) is 19.4 Å². The maximum absolute atomic E-state index is 12.1. The normalized spacial score (nSPS) is 19.4. The summed E-state index contributed by atoms with van der Waals surface area (Å²) in [6.07, 6.45) is 1.65. The zero-order valence-corrected chi connectivity index (χ0v) is 14.2. The van der Waals surface area contributed by atoms with Crippen LogP contribution < -0.4 is 21.3 Å². The number of carboxylic acid groups (broad SMARTS) is 1. The first kappa shape index (κ1) is 19.9. The molecule has 0 aromatic heterocycles. The molecule has 1 rings (SSSR count). The van der Waals surface area contributed by atoms with Crippen LogP contribution >= 0.6 is 0 Å². The van der Waals surface area contributed by atoms with Gasteiger partial charge in [0.15, 0.2) is 0 Å². The summed E-state index contributed by atoms with van der Waals surface area (Å²) in [5, 5.41) is 19.2. The van der Waals surface area contributed by atoms with Gasteiger partial charge in [-0.2, -0.15) is 0 Å². The monoisotopic (exact) mass is 342 g/mol. The fraction of sp³-hybridized carbons (Fsp3) is 0.733. The molecule has 0 aromatic carbocycles. The highest BCUT2D eigenvalue weighted by Crippen LogP contribution is 2.05. The molecule has 136 valence electrons. The lowest BCUT2D eigenvalue weighted by Gasteiger charge is -2.23. The molecule has 9 nitrogen and oxygen atoms in total. The quantitative estimate of drug-likeness (QED) is 0.367. The number of aliphatic carboxylic acids is 1. The van der Waals surface area contributed by atoms with Gasteiger partial charge in [-0.25, -0.2) is 0 Å². The first-order valence-corrected chi connectivity index (χ1v) is 8.06. The molecule has 1 saturated heterocycles. The van der Waals surface area contributed by atoms with Gasteiger partial charge in [0.2, 0.25) is 17.7 Å². The van der Waals surface area contributed by atoms with E-state index in [0.29, 0.717) is 0 Å². The Morgan fingerprint density at radius 2 is 1.83 bits per heavy atom. The number of rotatable bonds is 8. The van der Waals surface area contributed by atoms with Crippen molar-refractivity contribution in [3.63, 3.8) is 0 Å². The van der Waals surface area contributed by atoms with Crippen LogP contribution in [0.5, 0.6) is 0 Å². The molecule has 3 unspecified atom stereocenters. The van der Waals surface area contributed by atoms with Crippen molar-refractivity contribution in [3.8, 4) is 0 Å². The van der Waals surface area contributed by atoms with Crippen LogP contribution in [0.25, 0.3) is 0 Å². The molecule has 0 aromatic rings. The van der Waals surface area contributed by atoms with Crippen molar-refractivity contribution in [1.29, 1.82) is 0 Å². The Morgan fingerprint density at radius 1 is 1.17 bits per heavy atom. The van der Waals surface area contributed by atoms with Gasteiger partial charge in [0.1, 0.15) is 12.1 Å². The van der Waals surface area contributed by atoms with Crippen molar-refractivity contribution in [1.82, 2.24) is 21.3 Å². The smallest absolute Gasteiger partial charge is 0.325 e. The van der Waals surface area contributed by atoms with E-state index in [1.165, 1.54) is 6.92 Å². The largest absolute Gasteiger partial charge is 0.480 e. The minimum atomic E-state index is -1.16. The van der Waals surface area contributed by atoms with Gasteiger partial charge in [-0.05, 0) is 32.2 Å². The average molecular weight is 342 g/mol. The molecule has 1 aliphatic rings. The average Bonchev–Trinajstić information content (AvgIpc) is 3.03. The second-order valence-corrected chi connectivity index (χ2v) is 6.22. The highest BCUT2D eigenvalue weighted by Gasteiger charge is 2.27. The Hall–Kier alpha value is -2.16. The third kappa shape index (κ3) is 6.15. The van der Waals surface area contributed by atoms with Gasteiger partial charge in [0.05, 0.1) is 12.6 Å². The lowest BCUT2D eigenvalue weighted by molar-refractivity contribution is -0.142.